The fourth-order valence-corrected chi connectivity index (χ4v) is 2.51. The lowest BCUT2D eigenvalue weighted by molar-refractivity contribution is -0.137. The summed E-state index contributed by atoms with van der Waals surface area (Å²) in [6.07, 6.45) is -4.42. The van der Waals surface area contributed by atoms with Crippen molar-refractivity contribution in [3.8, 4) is 5.75 Å². The summed E-state index contributed by atoms with van der Waals surface area (Å²) in [5, 5.41) is 8.87. The predicted octanol–water partition coefficient (Wildman–Crippen LogP) is 3.20. The average Bonchev–Trinajstić information content (AvgIpc) is 2.74. The van der Waals surface area contributed by atoms with Crippen LogP contribution in [0, 0.1) is 0 Å². The number of aliphatic imine (C=N–C) groups is 1. The van der Waals surface area contributed by atoms with Crippen molar-refractivity contribution in [1.29, 1.82) is 0 Å². The highest BCUT2D eigenvalue weighted by Crippen LogP contribution is 2.29. The van der Waals surface area contributed by atoms with Crippen molar-refractivity contribution < 1.29 is 22.7 Å². The summed E-state index contributed by atoms with van der Waals surface area (Å²) < 4.78 is 42.9. The Labute approximate surface area is 173 Å². The number of amides is 1. The Morgan fingerprint density at radius 3 is 2.17 bits per heavy atom. The number of halogens is 3. The predicted molar refractivity (Wildman–Crippen MR) is 110 cm³/mol. The van der Waals surface area contributed by atoms with Gasteiger partial charge in [0.1, 0.15) is 5.75 Å². The number of nitrogens with zero attached hydrogens (tertiary/aromatic N) is 1. The Morgan fingerprint density at radius 1 is 0.967 bits per heavy atom. The molecule has 0 spiro atoms. The maximum Gasteiger partial charge on any atom is 0.416 e. The molecule has 2 rings (SSSR count). The smallest absolute Gasteiger partial charge is 0.416 e. The lowest BCUT2D eigenvalue weighted by Gasteiger charge is -2.12. The zero-order chi connectivity index (χ0) is 22.0. The number of guanidine groups is 1. The van der Waals surface area contributed by atoms with Crippen molar-refractivity contribution in [2.45, 2.75) is 19.6 Å². The number of benzene rings is 2. The standard InChI is InChI=1S/C21H25F3N4O2/c1-3-25-20(28-14-15-4-10-18(30-2)11-5-15)27-13-12-26-19(29)16-6-8-17(9-7-16)21(22,23)24/h4-11H,3,12-14H2,1-2H3,(H,26,29)(H2,25,27,28). The number of carbonyl (C=O) groups is 1. The second-order valence-corrected chi connectivity index (χ2v) is 6.30. The van der Waals surface area contributed by atoms with Crippen molar-refractivity contribution in [1.82, 2.24) is 16.0 Å². The third kappa shape index (κ3) is 7.31. The maximum atomic E-state index is 12.6. The van der Waals surface area contributed by atoms with Gasteiger partial charge >= 0.3 is 6.18 Å². The van der Waals surface area contributed by atoms with Crippen LogP contribution in [0.25, 0.3) is 0 Å². The monoisotopic (exact) mass is 422 g/mol. The summed E-state index contributed by atoms with van der Waals surface area (Å²) in [6.45, 7) is 3.77. The minimum atomic E-state index is -4.42. The number of carbonyl (C=O) groups excluding carboxylic acids is 1. The number of methoxy groups -OCH3 is 1. The van der Waals surface area contributed by atoms with Gasteiger partial charge in [-0.1, -0.05) is 12.1 Å². The van der Waals surface area contributed by atoms with Crippen LogP contribution in [-0.2, 0) is 12.7 Å². The second-order valence-electron chi connectivity index (χ2n) is 6.30. The third-order valence-corrected chi connectivity index (χ3v) is 4.10. The molecule has 0 aromatic heterocycles. The van der Waals surface area contributed by atoms with Crippen molar-refractivity contribution in [2.75, 3.05) is 26.7 Å². The Hall–Kier alpha value is -3.23. The third-order valence-electron chi connectivity index (χ3n) is 4.10. The van der Waals surface area contributed by atoms with E-state index >= 15 is 0 Å². The van der Waals surface area contributed by atoms with Crippen LogP contribution in [0.4, 0.5) is 13.2 Å². The molecule has 0 aliphatic carbocycles. The lowest BCUT2D eigenvalue weighted by atomic mass is 10.1. The quantitative estimate of drug-likeness (QED) is 0.347. The first-order valence-corrected chi connectivity index (χ1v) is 9.44. The van der Waals surface area contributed by atoms with Gasteiger partial charge in [-0.25, -0.2) is 4.99 Å². The van der Waals surface area contributed by atoms with Crippen molar-refractivity contribution in [2.24, 2.45) is 4.99 Å². The van der Waals surface area contributed by atoms with Gasteiger partial charge in [0.15, 0.2) is 5.96 Å². The minimum Gasteiger partial charge on any atom is -0.497 e. The van der Waals surface area contributed by atoms with Crippen LogP contribution in [0.3, 0.4) is 0 Å². The molecular formula is C21H25F3N4O2. The van der Waals surface area contributed by atoms with Gasteiger partial charge in [0.2, 0.25) is 0 Å². The van der Waals surface area contributed by atoms with Gasteiger partial charge in [-0.15, -0.1) is 0 Å². The first kappa shape index (κ1) is 23.1. The zero-order valence-electron chi connectivity index (χ0n) is 16.8. The summed E-state index contributed by atoms with van der Waals surface area (Å²) in [5.74, 6) is 0.930. The molecule has 1 amide bonds. The fraction of sp³-hybridized carbons (Fsp3) is 0.333. The van der Waals surface area contributed by atoms with E-state index in [1.807, 2.05) is 31.2 Å². The molecule has 0 heterocycles. The lowest BCUT2D eigenvalue weighted by Crippen LogP contribution is -2.41. The van der Waals surface area contributed by atoms with E-state index in [-0.39, 0.29) is 12.1 Å². The van der Waals surface area contributed by atoms with E-state index in [1.54, 1.807) is 7.11 Å². The van der Waals surface area contributed by atoms with Gasteiger partial charge in [-0.05, 0) is 48.9 Å². The number of hydrogen-bond donors (Lipinski definition) is 3. The van der Waals surface area contributed by atoms with E-state index in [9.17, 15) is 18.0 Å². The molecular weight excluding hydrogens is 397 g/mol. The number of rotatable bonds is 8. The Morgan fingerprint density at radius 2 is 1.60 bits per heavy atom. The molecule has 0 radical (unpaired) electrons. The highest BCUT2D eigenvalue weighted by atomic mass is 19.4. The summed E-state index contributed by atoms with van der Waals surface area (Å²) in [7, 11) is 1.61. The Bertz CT molecular complexity index is 835. The van der Waals surface area contributed by atoms with Crippen LogP contribution in [0.15, 0.2) is 53.5 Å². The minimum absolute atomic E-state index is 0.170. The van der Waals surface area contributed by atoms with Gasteiger partial charge in [0.05, 0.1) is 19.2 Å². The molecule has 30 heavy (non-hydrogen) atoms. The molecule has 0 saturated heterocycles. The van der Waals surface area contributed by atoms with Crippen LogP contribution >= 0.6 is 0 Å². The fourth-order valence-electron chi connectivity index (χ4n) is 2.51. The van der Waals surface area contributed by atoms with Gasteiger partial charge in [-0.3, -0.25) is 4.79 Å². The summed E-state index contributed by atoms with van der Waals surface area (Å²) >= 11 is 0. The molecule has 0 atom stereocenters. The molecule has 0 saturated carbocycles. The summed E-state index contributed by atoms with van der Waals surface area (Å²) in [6, 6.07) is 11.7. The molecule has 0 aliphatic rings. The molecule has 0 aliphatic heterocycles. The summed E-state index contributed by atoms with van der Waals surface area (Å²) in [4.78, 5) is 16.5. The van der Waals surface area contributed by atoms with Gasteiger partial charge < -0.3 is 20.7 Å². The second kappa shape index (κ2) is 11.1. The molecule has 0 fully saturated rings. The normalized spacial score (nSPS) is 11.7. The van der Waals surface area contributed by atoms with Gasteiger partial charge in [-0.2, -0.15) is 13.2 Å². The largest absolute Gasteiger partial charge is 0.497 e. The van der Waals surface area contributed by atoms with Crippen LogP contribution in [0.1, 0.15) is 28.4 Å². The van der Waals surface area contributed by atoms with Gasteiger partial charge in [0.25, 0.3) is 5.91 Å². The highest BCUT2D eigenvalue weighted by molar-refractivity contribution is 5.94. The van der Waals surface area contributed by atoms with Crippen LogP contribution in [-0.4, -0.2) is 38.6 Å². The van der Waals surface area contributed by atoms with Gasteiger partial charge in [0, 0.05) is 25.2 Å². The van der Waals surface area contributed by atoms with Crippen LogP contribution in [0.2, 0.25) is 0 Å². The molecule has 9 heteroatoms. The highest BCUT2D eigenvalue weighted by Gasteiger charge is 2.30. The number of ether oxygens (including phenoxy) is 1. The maximum absolute atomic E-state index is 12.6. The number of nitrogens with one attached hydrogen (secondary N) is 3. The van der Waals surface area contributed by atoms with Crippen LogP contribution < -0.4 is 20.7 Å². The van der Waals surface area contributed by atoms with Crippen molar-refractivity contribution in [3.05, 3.63) is 65.2 Å². The molecule has 2 aromatic carbocycles. The van der Waals surface area contributed by atoms with E-state index in [0.29, 0.717) is 25.6 Å². The summed E-state index contributed by atoms with van der Waals surface area (Å²) in [5.41, 5.74) is 0.399. The number of hydrogen-bond acceptors (Lipinski definition) is 3. The Kier molecular flexibility index (Phi) is 8.52. The molecule has 0 unspecified atom stereocenters. The van der Waals surface area contributed by atoms with E-state index in [1.165, 1.54) is 0 Å². The van der Waals surface area contributed by atoms with E-state index in [0.717, 1.165) is 35.6 Å². The zero-order valence-corrected chi connectivity index (χ0v) is 16.8. The van der Waals surface area contributed by atoms with Crippen LogP contribution in [0.5, 0.6) is 5.75 Å². The topological polar surface area (TPSA) is 74.8 Å². The molecule has 2 aromatic rings. The average molecular weight is 422 g/mol. The van der Waals surface area contributed by atoms with E-state index in [2.05, 4.69) is 20.9 Å². The van der Waals surface area contributed by atoms with E-state index in [4.69, 9.17) is 4.74 Å². The molecule has 162 valence electrons. The molecule has 6 nitrogen and oxygen atoms in total. The SMILES string of the molecule is CCNC(=NCc1ccc(OC)cc1)NCCNC(=O)c1ccc(C(F)(F)F)cc1. The van der Waals surface area contributed by atoms with E-state index < -0.39 is 17.6 Å². The first-order valence-electron chi connectivity index (χ1n) is 9.44. The molecule has 3 N–H and O–H groups in total. The molecule has 0 bridgehead atoms. The first-order chi connectivity index (χ1) is 14.3. The van der Waals surface area contributed by atoms with Crippen molar-refractivity contribution >= 4 is 11.9 Å². The number of alkyl halides is 3. The Balaban J connectivity index is 1.81. The van der Waals surface area contributed by atoms with Crippen molar-refractivity contribution in [3.63, 3.8) is 0 Å².